The Morgan fingerprint density at radius 1 is 1.05 bits per heavy atom. The summed E-state index contributed by atoms with van der Waals surface area (Å²) in [4.78, 5) is 11.7. The van der Waals surface area contributed by atoms with Gasteiger partial charge in [-0.05, 0) is 40.8 Å². The van der Waals surface area contributed by atoms with E-state index >= 15 is 0 Å². The lowest BCUT2D eigenvalue weighted by Gasteiger charge is -2.15. The van der Waals surface area contributed by atoms with E-state index in [0.29, 0.717) is 17.0 Å². The van der Waals surface area contributed by atoms with Crippen LogP contribution in [0.5, 0.6) is 0 Å². The monoisotopic (exact) mass is 310 g/mol. The van der Waals surface area contributed by atoms with Crippen LogP contribution in [-0.4, -0.2) is 11.1 Å². The van der Waals surface area contributed by atoms with Crippen LogP contribution in [0.1, 0.15) is 35.6 Å². The molecule has 0 saturated carbocycles. The Kier molecular flexibility index (Phi) is 3.86. The minimum Gasteiger partial charge on any atom is -0.478 e. The summed E-state index contributed by atoms with van der Waals surface area (Å²) in [5.41, 5.74) is 4.94. The molecule has 0 aliphatic heterocycles. The van der Waals surface area contributed by atoms with Gasteiger partial charge in [-0.15, -0.1) is 0 Å². The first-order valence-corrected chi connectivity index (χ1v) is 7.53. The van der Waals surface area contributed by atoms with Crippen molar-refractivity contribution in [1.29, 1.82) is 0 Å². The molecule has 22 heavy (non-hydrogen) atoms. The number of carbonyl (C=O) groups is 1. The largest absolute Gasteiger partial charge is 0.478 e. The van der Waals surface area contributed by atoms with Crippen molar-refractivity contribution < 1.29 is 9.90 Å². The lowest BCUT2D eigenvalue weighted by atomic mass is 9.88. The van der Waals surface area contributed by atoms with Gasteiger partial charge in [-0.2, -0.15) is 0 Å². The van der Waals surface area contributed by atoms with E-state index in [-0.39, 0.29) is 0 Å². The van der Waals surface area contributed by atoms with E-state index in [1.54, 1.807) is 0 Å². The number of benzene rings is 2. The van der Waals surface area contributed by atoms with Crippen LogP contribution in [0.2, 0.25) is 5.02 Å². The van der Waals surface area contributed by atoms with Crippen molar-refractivity contribution >= 4 is 35.3 Å². The fraction of sp³-hybridized carbons (Fsp3) is 0.105. The number of hydrogen-bond acceptors (Lipinski definition) is 1. The Morgan fingerprint density at radius 3 is 2.41 bits per heavy atom. The maximum Gasteiger partial charge on any atom is 0.332 e. The molecule has 3 heteroatoms. The van der Waals surface area contributed by atoms with Gasteiger partial charge in [0.1, 0.15) is 0 Å². The molecule has 3 rings (SSSR count). The Bertz CT molecular complexity index is 816. The standard InChI is InChI=1S/C19H15ClO2/c1-2-15(19(21)22)18-16-6-4-3-5-12(16)7-8-13-9-10-14(20)11-17(13)18/h3-11H,2H2,1H3,(H,21,22)/b18-15-. The smallest absolute Gasteiger partial charge is 0.332 e. The van der Waals surface area contributed by atoms with Gasteiger partial charge in [-0.1, -0.05) is 61.0 Å². The molecule has 0 radical (unpaired) electrons. The summed E-state index contributed by atoms with van der Waals surface area (Å²) >= 11 is 6.16. The molecule has 0 heterocycles. The van der Waals surface area contributed by atoms with E-state index < -0.39 is 5.97 Å². The van der Waals surface area contributed by atoms with Gasteiger partial charge in [0.2, 0.25) is 0 Å². The predicted molar refractivity (Wildman–Crippen MR) is 90.8 cm³/mol. The Labute approximate surface area is 134 Å². The minimum absolute atomic E-state index is 0.402. The van der Waals surface area contributed by atoms with Crippen LogP contribution in [0.25, 0.3) is 17.7 Å². The molecule has 1 aliphatic rings. The zero-order valence-electron chi connectivity index (χ0n) is 12.1. The zero-order chi connectivity index (χ0) is 15.7. The van der Waals surface area contributed by atoms with Gasteiger partial charge in [0.15, 0.2) is 0 Å². The number of fused-ring (bicyclic) bond motifs is 2. The molecule has 2 nitrogen and oxygen atoms in total. The topological polar surface area (TPSA) is 37.3 Å². The lowest BCUT2D eigenvalue weighted by Crippen LogP contribution is -2.06. The molecule has 1 aliphatic carbocycles. The minimum atomic E-state index is -0.889. The maximum atomic E-state index is 11.7. The maximum absolute atomic E-state index is 11.7. The summed E-state index contributed by atoms with van der Waals surface area (Å²) in [7, 11) is 0. The van der Waals surface area contributed by atoms with E-state index in [2.05, 4.69) is 0 Å². The van der Waals surface area contributed by atoms with Crippen LogP contribution >= 0.6 is 11.6 Å². The average Bonchev–Trinajstić information content (AvgIpc) is 2.66. The normalized spacial score (nSPS) is 14.8. The van der Waals surface area contributed by atoms with E-state index in [1.807, 2.05) is 61.5 Å². The van der Waals surface area contributed by atoms with Gasteiger partial charge < -0.3 is 5.11 Å². The molecular formula is C19H15ClO2. The molecule has 0 amide bonds. The quantitative estimate of drug-likeness (QED) is 0.667. The molecule has 2 aromatic carbocycles. The van der Waals surface area contributed by atoms with Crippen LogP contribution < -0.4 is 0 Å². The second-order valence-electron chi connectivity index (χ2n) is 5.16. The summed E-state index contributed by atoms with van der Waals surface area (Å²) in [6.45, 7) is 1.86. The second kappa shape index (κ2) is 5.82. The van der Waals surface area contributed by atoms with Crippen molar-refractivity contribution in [3.63, 3.8) is 0 Å². The number of rotatable bonds is 2. The summed E-state index contributed by atoms with van der Waals surface area (Å²) in [6.07, 6.45) is 4.47. The van der Waals surface area contributed by atoms with E-state index in [9.17, 15) is 9.90 Å². The van der Waals surface area contributed by atoms with Crippen molar-refractivity contribution in [3.05, 3.63) is 75.3 Å². The molecule has 0 saturated heterocycles. The fourth-order valence-corrected chi connectivity index (χ4v) is 3.02. The summed E-state index contributed by atoms with van der Waals surface area (Å²) in [6, 6.07) is 13.4. The number of carboxylic acids is 1. The van der Waals surface area contributed by atoms with Crippen LogP contribution in [0.4, 0.5) is 0 Å². The van der Waals surface area contributed by atoms with Crippen LogP contribution in [0, 0.1) is 0 Å². The highest BCUT2D eigenvalue weighted by atomic mass is 35.5. The molecular weight excluding hydrogens is 296 g/mol. The van der Waals surface area contributed by atoms with Gasteiger partial charge in [-0.3, -0.25) is 0 Å². The molecule has 0 bridgehead atoms. The van der Waals surface area contributed by atoms with Gasteiger partial charge >= 0.3 is 5.97 Å². The van der Waals surface area contributed by atoms with Gasteiger partial charge in [0, 0.05) is 16.2 Å². The third-order valence-corrected chi connectivity index (χ3v) is 4.11. The molecule has 0 unspecified atom stereocenters. The van der Waals surface area contributed by atoms with Crippen LogP contribution in [0.15, 0.2) is 48.0 Å². The SMILES string of the molecule is CC/C(C(=O)O)=C1\c2ccccc2C=Cc2ccc(Cl)cc21. The Hall–Kier alpha value is -2.32. The third kappa shape index (κ3) is 2.46. The highest BCUT2D eigenvalue weighted by molar-refractivity contribution is 6.31. The van der Waals surface area contributed by atoms with Crippen LogP contribution in [-0.2, 0) is 4.79 Å². The molecule has 110 valence electrons. The summed E-state index contributed by atoms with van der Waals surface area (Å²) in [5.74, 6) is -0.889. The number of aliphatic carboxylic acids is 1. The van der Waals surface area contributed by atoms with E-state index in [1.165, 1.54) is 0 Å². The predicted octanol–water partition coefficient (Wildman–Crippen LogP) is 5.12. The summed E-state index contributed by atoms with van der Waals surface area (Å²) in [5, 5.41) is 10.2. The highest BCUT2D eigenvalue weighted by Crippen LogP contribution is 2.37. The molecule has 0 spiro atoms. The van der Waals surface area contributed by atoms with Crippen molar-refractivity contribution in [2.24, 2.45) is 0 Å². The van der Waals surface area contributed by atoms with Gasteiger partial charge in [0.05, 0.1) is 0 Å². The third-order valence-electron chi connectivity index (χ3n) is 3.87. The second-order valence-corrected chi connectivity index (χ2v) is 5.60. The van der Waals surface area contributed by atoms with Crippen LogP contribution in [0.3, 0.4) is 0 Å². The van der Waals surface area contributed by atoms with Gasteiger partial charge in [0.25, 0.3) is 0 Å². The zero-order valence-corrected chi connectivity index (χ0v) is 12.9. The first-order valence-electron chi connectivity index (χ1n) is 7.15. The van der Waals surface area contributed by atoms with Crippen molar-refractivity contribution in [2.75, 3.05) is 0 Å². The molecule has 0 fully saturated rings. The van der Waals surface area contributed by atoms with E-state index in [0.717, 1.165) is 27.8 Å². The average molecular weight is 311 g/mol. The Morgan fingerprint density at radius 2 is 1.73 bits per heavy atom. The number of carboxylic acid groups (broad SMARTS) is 1. The number of hydrogen-bond donors (Lipinski definition) is 1. The fourth-order valence-electron chi connectivity index (χ4n) is 2.85. The van der Waals surface area contributed by atoms with E-state index in [4.69, 9.17) is 11.6 Å². The molecule has 2 aromatic rings. The first kappa shape index (κ1) is 14.6. The molecule has 0 aromatic heterocycles. The Balaban J connectivity index is 2.44. The van der Waals surface area contributed by atoms with Crippen molar-refractivity contribution in [2.45, 2.75) is 13.3 Å². The number of halogens is 1. The van der Waals surface area contributed by atoms with Gasteiger partial charge in [-0.25, -0.2) is 4.79 Å². The molecule has 1 N–H and O–H groups in total. The van der Waals surface area contributed by atoms with Crippen molar-refractivity contribution in [3.8, 4) is 0 Å². The lowest BCUT2D eigenvalue weighted by molar-refractivity contribution is -0.132. The summed E-state index contributed by atoms with van der Waals surface area (Å²) < 4.78 is 0. The highest BCUT2D eigenvalue weighted by Gasteiger charge is 2.21. The first-order chi connectivity index (χ1) is 10.6. The molecule has 0 atom stereocenters. The van der Waals surface area contributed by atoms with Crippen molar-refractivity contribution in [1.82, 2.24) is 0 Å².